The van der Waals surface area contributed by atoms with Crippen LogP contribution in [0, 0.1) is 5.92 Å². The van der Waals surface area contributed by atoms with Crippen LogP contribution in [0.5, 0.6) is 0 Å². The van der Waals surface area contributed by atoms with Crippen molar-refractivity contribution in [2.24, 2.45) is 11.7 Å². The molecule has 0 spiro atoms. The van der Waals surface area contributed by atoms with E-state index in [2.05, 4.69) is 15.9 Å². The van der Waals surface area contributed by atoms with Gasteiger partial charge in [0.15, 0.2) is 0 Å². The van der Waals surface area contributed by atoms with Gasteiger partial charge in [0.1, 0.15) is 0 Å². The van der Waals surface area contributed by atoms with E-state index in [-0.39, 0.29) is 11.9 Å². The smallest absolute Gasteiger partial charge is 0.255 e. The van der Waals surface area contributed by atoms with Gasteiger partial charge in [-0.25, -0.2) is 0 Å². The van der Waals surface area contributed by atoms with Crippen LogP contribution < -0.4 is 5.73 Å². The molecule has 1 aliphatic rings. The molecule has 0 saturated heterocycles. The first-order valence-corrected chi connectivity index (χ1v) is 8.72. The highest BCUT2D eigenvalue weighted by Crippen LogP contribution is 2.31. The van der Waals surface area contributed by atoms with E-state index in [1.807, 2.05) is 24.0 Å². The molecule has 2 unspecified atom stereocenters. The standard InChI is InChI=1S/C16H22BrClN2O/c1-2-20(14-9-4-3-6-11(14)10-19)16(21)12-7-5-8-13(17)15(12)18/h5,7-8,11,14H,2-4,6,9-10,19H2,1H3. The Morgan fingerprint density at radius 2 is 2.14 bits per heavy atom. The Kier molecular flexibility index (Phi) is 6.08. The molecule has 0 aliphatic heterocycles. The normalized spacial score (nSPS) is 22.1. The summed E-state index contributed by atoms with van der Waals surface area (Å²) in [5.41, 5.74) is 6.47. The quantitative estimate of drug-likeness (QED) is 0.864. The number of carbonyl (C=O) groups excluding carboxylic acids is 1. The van der Waals surface area contributed by atoms with Crippen LogP contribution in [0.1, 0.15) is 43.0 Å². The van der Waals surface area contributed by atoms with Gasteiger partial charge in [0, 0.05) is 17.1 Å². The maximum Gasteiger partial charge on any atom is 0.255 e. The summed E-state index contributed by atoms with van der Waals surface area (Å²) in [7, 11) is 0. The molecular weight excluding hydrogens is 352 g/mol. The van der Waals surface area contributed by atoms with Gasteiger partial charge in [0.05, 0.1) is 10.6 Å². The molecule has 2 N–H and O–H groups in total. The van der Waals surface area contributed by atoms with Gasteiger partial charge >= 0.3 is 0 Å². The molecule has 1 aromatic rings. The van der Waals surface area contributed by atoms with Crippen molar-refractivity contribution in [2.45, 2.75) is 38.6 Å². The fraction of sp³-hybridized carbons (Fsp3) is 0.562. The number of nitrogens with two attached hydrogens (primary N) is 1. The number of hydrogen-bond donors (Lipinski definition) is 1. The summed E-state index contributed by atoms with van der Waals surface area (Å²) in [6, 6.07) is 5.71. The number of halogens is 2. The number of amides is 1. The molecule has 3 nitrogen and oxygen atoms in total. The van der Waals surface area contributed by atoms with Gasteiger partial charge in [0.2, 0.25) is 0 Å². The predicted molar refractivity (Wildman–Crippen MR) is 90.7 cm³/mol. The lowest BCUT2D eigenvalue weighted by molar-refractivity contribution is 0.0560. The number of rotatable bonds is 4. The Hall–Kier alpha value is -0.580. The third-order valence-corrected chi connectivity index (χ3v) is 5.65. The Labute approximate surface area is 140 Å². The molecular formula is C16H22BrClN2O. The second kappa shape index (κ2) is 7.61. The largest absolute Gasteiger partial charge is 0.336 e. The van der Waals surface area contributed by atoms with E-state index >= 15 is 0 Å². The zero-order valence-electron chi connectivity index (χ0n) is 12.3. The van der Waals surface area contributed by atoms with E-state index in [1.165, 1.54) is 6.42 Å². The Balaban J connectivity index is 2.27. The van der Waals surface area contributed by atoms with Crippen LogP contribution in [0.4, 0.5) is 0 Å². The van der Waals surface area contributed by atoms with Crippen LogP contribution in [0.15, 0.2) is 22.7 Å². The lowest BCUT2D eigenvalue weighted by Gasteiger charge is -2.39. The zero-order valence-corrected chi connectivity index (χ0v) is 14.7. The molecule has 1 aromatic carbocycles. The highest BCUT2D eigenvalue weighted by molar-refractivity contribution is 9.10. The van der Waals surface area contributed by atoms with Crippen molar-refractivity contribution in [3.8, 4) is 0 Å². The van der Waals surface area contributed by atoms with Crippen LogP contribution in [0.2, 0.25) is 5.02 Å². The third kappa shape index (κ3) is 3.61. The topological polar surface area (TPSA) is 46.3 Å². The molecule has 0 aromatic heterocycles. The monoisotopic (exact) mass is 372 g/mol. The minimum atomic E-state index is 0.00847. The van der Waals surface area contributed by atoms with E-state index in [9.17, 15) is 4.79 Å². The Bertz CT molecular complexity index is 509. The van der Waals surface area contributed by atoms with Crippen molar-refractivity contribution in [2.75, 3.05) is 13.1 Å². The molecule has 2 atom stereocenters. The molecule has 1 fully saturated rings. The average molecular weight is 374 g/mol. The van der Waals surface area contributed by atoms with Crippen LogP contribution >= 0.6 is 27.5 Å². The summed E-state index contributed by atoms with van der Waals surface area (Å²) < 4.78 is 0.755. The number of benzene rings is 1. The van der Waals surface area contributed by atoms with Crippen molar-refractivity contribution < 1.29 is 4.79 Å². The third-order valence-electron chi connectivity index (χ3n) is 4.36. The Morgan fingerprint density at radius 1 is 1.43 bits per heavy atom. The van der Waals surface area contributed by atoms with E-state index in [0.717, 1.165) is 23.7 Å². The van der Waals surface area contributed by atoms with Gasteiger partial charge in [0.25, 0.3) is 5.91 Å². The van der Waals surface area contributed by atoms with E-state index in [4.69, 9.17) is 17.3 Å². The molecule has 21 heavy (non-hydrogen) atoms. The fourth-order valence-corrected chi connectivity index (χ4v) is 3.80. The number of carbonyl (C=O) groups is 1. The predicted octanol–water partition coefficient (Wildman–Crippen LogP) is 4.08. The summed E-state index contributed by atoms with van der Waals surface area (Å²) >= 11 is 9.66. The minimum absolute atomic E-state index is 0.00847. The lowest BCUT2D eigenvalue weighted by Crippen LogP contribution is -2.48. The van der Waals surface area contributed by atoms with Gasteiger partial charge in [-0.1, -0.05) is 30.5 Å². The number of nitrogens with zero attached hydrogens (tertiary/aromatic N) is 1. The van der Waals surface area contributed by atoms with Crippen molar-refractivity contribution in [1.82, 2.24) is 4.90 Å². The van der Waals surface area contributed by atoms with Gasteiger partial charge in [-0.05, 0) is 60.3 Å². The average Bonchev–Trinajstić information content (AvgIpc) is 2.51. The van der Waals surface area contributed by atoms with Crippen LogP contribution in [0.3, 0.4) is 0 Å². The summed E-state index contributed by atoms with van der Waals surface area (Å²) in [6.45, 7) is 3.34. The highest BCUT2D eigenvalue weighted by Gasteiger charge is 2.32. The summed E-state index contributed by atoms with van der Waals surface area (Å²) in [5, 5.41) is 0.487. The number of hydrogen-bond acceptors (Lipinski definition) is 2. The van der Waals surface area contributed by atoms with Crippen LogP contribution in [-0.4, -0.2) is 29.9 Å². The molecule has 0 heterocycles. The first-order chi connectivity index (χ1) is 10.1. The van der Waals surface area contributed by atoms with Gasteiger partial charge < -0.3 is 10.6 Å². The lowest BCUT2D eigenvalue weighted by atomic mass is 9.83. The van der Waals surface area contributed by atoms with Crippen LogP contribution in [-0.2, 0) is 0 Å². The van der Waals surface area contributed by atoms with Crippen molar-refractivity contribution >= 4 is 33.4 Å². The minimum Gasteiger partial charge on any atom is -0.336 e. The van der Waals surface area contributed by atoms with Gasteiger partial charge in [-0.3, -0.25) is 4.79 Å². The molecule has 0 radical (unpaired) electrons. The maximum atomic E-state index is 12.9. The van der Waals surface area contributed by atoms with E-state index in [0.29, 0.717) is 29.6 Å². The first kappa shape index (κ1) is 16.8. The summed E-state index contributed by atoms with van der Waals surface area (Å²) in [6.07, 6.45) is 4.52. The molecule has 5 heteroatoms. The second-order valence-electron chi connectivity index (χ2n) is 5.54. The van der Waals surface area contributed by atoms with Crippen molar-refractivity contribution in [3.05, 3.63) is 33.3 Å². The molecule has 1 saturated carbocycles. The first-order valence-electron chi connectivity index (χ1n) is 7.55. The zero-order chi connectivity index (χ0) is 15.4. The second-order valence-corrected chi connectivity index (χ2v) is 6.77. The maximum absolute atomic E-state index is 12.9. The summed E-state index contributed by atoms with van der Waals surface area (Å²) in [4.78, 5) is 14.8. The van der Waals surface area contributed by atoms with Gasteiger partial charge in [-0.2, -0.15) is 0 Å². The molecule has 1 amide bonds. The highest BCUT2D eigenvalue weighted by atomic mass is 79.9. The molecule has 0 bridgehead atoms. The SMILES string of the molecule is CCN(C(=O)c1cccc(Br)c1Cl)C1CCCCC1CN. The van der Waals surface area contributed by atoms with E-state index < -0.39 is 0 Å². The van der Waals surface area contributed by atoms with Gasteiger partial charge in [-0.15, -0.1) is 0 Å². The van der Waals surface area contributed by atoms with E-state index in [1.54, 1.807) is 6.07 Å². The summed E-state index contributed by atoms with van der Waals surface area (Å²) in [5.74, 6) is 0.405. The fourth-order valence-electron chi connectivity index (χ4n) is 3.23. The van der Waals surface area contributed by atoms with Crippen molar-refractivity contribution in [3.63, 3.8) is 0 Å². The molecule has 1 aliphatic carbocycles. The molecule has 116 valence electrons. The van der Waals surface area contributed by atoms with Crippen LogP contribution in [0.25, 0.3) is 0 Å². The molecule has 2 rings (SSSR count). The van der Waals surface area contributed by atoms with Crippen molar-refractivity contribution in [1.29, 1.82) is 0 Å². The Morgan fingerprint density at radius 3 is 2.81 bits per heavy atom.